The molecule has 2 rings (SSSR count). The minimum Gasteiger partial charge on any atom is -0.485 e. The van der Waals surface area contributed by atoms with Crippen LogP contribution in [-0.2, 0) is 9.53 Å². The van der Waals surface area contributed by atoms with Crippen LogP contribution in [0.3, 0.4) is 0 Å². The SMILES string of the molecule is CNC(=O)SC(C=O)CC1=CC=C(OCC(=O)c2ccccc2F)C=CC1. The summed E-state index contributed by atoms with van der Waals surface area (Å²) >= 11 is 0.944. The number of hydrogen-bond acceptors (Lipinski definition) is 5. The van der Waals surface area contributed by atoms with Crippen LogP contribution in [0.1, 0.15) is 23.2 Å². The number of allylic oxidation sites excluding steroid dienone is 5. The third-order valence-corrected chi connectivity index (χ3v) is 4.77. The summed E-state index contributed by atoms with van der Waals surface area (Å²) in [6.45, 7) is -0.274. The zero-order chi connectivity index (χ0) is 19.6. The maximum Gasteiger partial charge on any atom is 0.279 e. The first-order valence-electron chi connectivity index (χ1n) is 8.34. The molecule has 0 saturated carbocycles. The molecular weight excluding hydrogens is 369 g/mol. The topological polar surface area (TPSA) is 72.5 Å². The Hall–Kier alpha value is -2.67. The standard InChI is InChI=1S/C20H20FNO4S/c1-22-20(25)27-16(12-23)11-14-5-4-6-15(10-9-14)26-13-19(24)17-7-2-3-8-18(17)21/h2-4,6-10,12,16H,5,11,13H2,1H3,(H,22,25). The van der Waals surface area contributed by atoms with Gasteiger partial charge in [-0.25, -0.2) is 4.39 Å². The van der Waals surface area contributed by atoms with E-state index in [1.54, 1.807) is 18.2 Å². The number of amides is 1. The van der Waals surface area contributed by atoms with Crippen LogP contribution in [0.25, 0.3) is 0 Å². The quantitative estimate of drug-likeness (QED) is 0.540. The van der Waals surface area contributed by atoms with E-state index in [9.17, 15) is 18.8 Å². The van der Waals surface area contributed by atoms with Crippen molar-refractivity contribution in [3.05, 3.63) is 71.3 Å². The monoisotopic (exact) mass is 389 g/mol. The summed E-state index contributed by atoms with van der Waals surface area (Å²) in [5.74, 6) is -0.553. The lowest BCUT2D eigenvalue weighted by Gasteiger charge is -2.10. The van der Waals surface area contributed by atoms with Gasteiger partial charge in [0.25, 0.3) is 5.24 Å². The fraction of sp³-hybridized carbons (Fsp3) is 0.250. The molecule has 0 saturated heterocycles. The summed E-state index contributed by atoms with van der Waals surface area (Å²) in [5.41, 5.74) is 0.950. The molecule has 1 atom stereocenters. The molecule has 0 radical (unpaired) electrons. The van der Waals surface area contributed by atoms with Gasteiger partial charge in [0.1, 0.15) is 17.9 Å². The molecule has 1 aromatic carbocycles. The summed E-state index contributed by atoms with van der Waals surface area (Å²) in [7, 11) is 1.51. The Balaban J connectivity index is 1.95. The number of ketones is 1. The average Bonchev–Trinajstić information content (AvgIpc) is 2.90. The van der Waals surface area contributed by atoms with Gasteiger partial charge in [0.15, 0.2) is 6.61 Å². The summed E-state index contributed by atoms with van der Waals surface area (Å²) in [6, 6.07) is 5.76. The van der Waals surface area contributed by atoms with Gasteiger partial charge in [-0.3, -0.25) is 9.59 Å². The van der Waals surface area contributed by atoms with Crippen LogP contribution in [0.15, 0.2) is 59.9 Å². The molecule has 142 valence electrons. The van der Waals surface area contributed by atoms with E-state index < -0.39 is 16.9 Å². The minimum absolute atomic E-state index is 0.00742. The average molecular weight is 389 g/mol. The largest absolute Gasteiger partial charge is 0.485 e. The summed E-state index contributed by atoms with van der Waals surface area (Å²) < 4.78 is 19.1. The molecule has 1 aliphatic carbocycles. The van der Waals surface area contributed by atoms with E-state index in [0.717, 1.165) is 23.6 Å². The Labute approximate surface area is 161 Å². The van der Waals surface area contributed by atoms with E-state index in [2.05, 4.69) is 5.32 Å². The van der Waals surface area contributed by atoms with Crippen molar-refractivity contribution in [3.63, 3.8) is 0 Å². The predicted octanol–water partition coefficient (Wildman–Crippen LogP) is 3.83. The Morgan fingerprint density at radius 3 is 2.81 bits per heavy atom. The molecule has 0 fully saturated rings. The van der Waals surface area contributed by atoms with E-state index in [4.69, 9.17) is 4.74 Å². The van der Waals surface area contributed by atoms with Gasteiger partial charge in [-0.15, -0.1) is 0 Å². The lowest BCUT2D eigenvalue weighted by molar-refractivity contribution is -0.107. The van der Waals surface area contributed by atoms with Crippen molar-refractivity contribution >= 4 is 29.1 Å². The second kappa shape index (κ2) is 10.5. The number of carbonyl (C=O) groups is 3. The van der Waals surface area contributed by atoms with Crippen molar-refractivity contribution in [3.8, 4) is 0 Å². The normalized spacial score (nSPS) is 14.4. The van der Waals surface area contributed by atoms with Gasteiger partial charge in [-0.2, -0.15) is 0 Å². The minimum atomic E-state index is -0.577. The second-order valence-electron chi connectivity index (χ2n) is 5.73. The maximum absolute atomic E-state index is 13.6. The van der Waals surface area contributed by atoms with Gasteiger partial charge in [0, 0.05) is 7.05 Å². The molecule has 5 nitrogen and oxygen atoms in total. The number of ether oxygens (including phenoxy) is 1. The van der Waals surface area contributed by atoms with E-state index in [1.165, 1.54) is 25.2 Å². The maximum atomic E-state index is 13.6. The molecule has 0 spiro atoms. The Morgan fingerprint density at radius 1 is 1.33 bits per heavy atom. The van der Waals surface area contributed by atoms with Crippen LogP contribution in [0.2, 0.25) is 0 Å². The number of halogens is 1. The highest BCUT2D eigenvalue weighted by atomic mass is 32.2. The van der Waals surface area contributed by atoms with E-state index >= 15 is 0 Å². The Morgan fingerprint density at radius 2 is 2.11 bits per heavy atom. The number of rotatable bonds is 8. The summed E-state index contributed by atoms with van der Waals surface area (Å²) in [5, 5.41) is 1.74. The van der Waals surface area contributed by atoms with Crippen molar-refractivity contribution in [2.75, 3.05) is 13.7 Å². The van der Waals surface area contributed by atoms with Crippen LogP contribution < -0.4 is 5.32 Å². The first kappa shape index (κ1) is 20.6. The molecule has 27 heavy (non-hydrogen) atoms. The highest BCUT2D eigenvalue weighted by molar-refractivity contribution is 8.14. The van der Waals surface area contributed by atoms with Gasteiger partial charge in [-0.05, 0) is 37.1 Å². The zero-order valence-corrected chi connectivity index (χ0v) is 15.6. The molecule has 7 heteroatoms. The van der Waals surface area contributed by atoms with Gasteiger partial charge in [0.2, 0.25) is 5.78 Å². The smallest absolute Gasteiger partial charge is 0.279 e. The Kier molecular flexibility index (Phi) is 8.00. The molecule has 1 aliphatic rings. The first-order chi connectivity index (χ1) is 13.0. The van der Waals surface area contributed by atoms with Gasteiger partial charge in [-0.1, -0.05) is 41.6 Å². The zero-order valence-electron chi connectivity index (χ0n) is 14.8. The molecule has 1 aromatic rings. The number of carbonyl (C=O) groups excluding carboxylic acids is 3. The van der Waals surface area contributed by atoms with Gasteiger partial charge < -0.3 is 14.8 Å². The summed E-state index contributed by atoms with van der Waals surface area (Å²) in [4.78, 5) is 34.6. The molecule has 1 amide bonds. The van der Waals surface area contributed by atoms with Crippen LogP contribution in [-0.4, -0.2) is 36.2 Å². The molecule has 1 N–H and O–H groups in total. The first-order valence-corrected chi connectivity index (χ1v) is 9.22. The molecule has 0 aliphatic heterocycles. The molecule has 0 aromatic heterocycles. The number of Topliss-reactive ketones (excluding diaryl/α,β-unsaturated/α-hetero) is 1. The molecular formula is C20H20FNO4S. The fourth-order valence-corrected chi connectivity index (χ4v) is 3.13. The van der Waals surface area contributed by atoms with E-state index in [0.29, 0.717) is 18.6 Å². The third kappa shape index (κ3) is 6.53. The van der Waals surface area contributed by atoms with Crippen LogP contribution in [0.5, 0.6) is 0 Å². The fourth-order valence-electron chi connectivity index (χ4n) is 2.38. The van der Waals surface area contributed by atoms with Crippen LogP contribution in [0, 0.1) is 5.82 Å². The van der Waals surface area contributed by atoms with Crippen LogP contribution >= 0.6 is 11.8 Å². The summed E-state index contributed by atoms with van der Waals surface area (Å²) in [6.07, 6.45) is 8.87. The molecule has 0 heterocycles. The van der Waals surface area contributed by atoms with E-state index in [-0.39, 0.29) is 17.4 Å². The lowest BCUT2D eigenvalue weighted by Crippen LogP contribution is -2.17. The van der Waals surface area contributed by atoms with Crippen molar-refractivity contribution < 1.29 is 23.5 Å². The van der Waals surface area contributed by atoms with Crippen molar-refractivity contribution in [1.29, 1.82) is 0 Å². The predicted molar refractivity (Wildman–Crippen MR) is 103 cm³/mol. The second-order valence-corrected chi connectivity index (χ2v) is 6.94. The van der Waals surface area contributed by atoms with E-state index in [1.807, 2.05) is 12.2 Å². The number of nitrogens with one attached hydrogen (secondary N) is 1. The van der Waals surface area contributed by atoms with Gasteiger partial charge >= 0.3 is 0 Å². The van der Waals surface area contributed by atoms with Gasteiger partial charge in [0.05, 0.1) is 10.8 Å². The number of hydrogen-bond donors (Lipinski definition) is 1. The van der Waals surface area contributed by atoms with Crippen LogP contribution in [0.4, 0.5) is 9.18 Å². The number of thioether (sulfide) groups is 1. The van der Waals surface area contributed by atoms with Crippen molar-refractivity contribution in [1.82, 2.24) is 5.32 Å². The van der Waals surface area contributed by atoms with Crippen molar-refractivity contribution in [2.24, 2.45) is 0 Å². The van der Waals surface area contributed by atoms with Crippen molar-refractivity contribution in [2.45, 2.75) is 18.1 Å². The Bertz CT molecular complexity index is 801. The molecule has 0 bridgehead atoms. The number of aldehydes is 1. The third-order valence-electron chi connectivity index (χ3n) is 3.77. The molecule has 1 unspecified atom stereocenters. The number of benzene rings is 1. The highest BCUT2D eigenvalue weighted by Gasteiger charge is 2.16. The highest BCUT2D eigenvalue weighted by Crippen LogP contribution is 2.23. The lowest BCUT2D eigenvalue weighted by atomic mass is 10.1.